The minimum absolute atomic E-state index is 0.0679. The fraction of sp³-hybridized carbons (Fsp3) is 0.0500. The molecular weight excluding hydrogens is 423 g/mol. The summed E-state index contributed by atoms with van der Waals surface area (Å²) in [7, 11) is 0. The Balaban J connectivity index is 1.60. The molecule has 10 heteroatoms. The van der Waals surface area contributed by atoms with Crippen LogP contribution >= 0.6 is 23.1 Å². The van der Waals surface area contributed by atoms with Crippen LogP contribution in [0.1, 0.15) is 5.56 Å². The number of thiophene rings is 1. The summed E-state index contributed by atoms with van der Waals surface area (Å²) in [5.74, 6) is 0.00319. The molecule has 30 heavy (non-hydrogen) atoms. The Hall–Kier alpha value is -3.55. The second-order valence-corrected chi connectivity index (χ2v) is 7.82. The van der Waals surface area contributed by atoms with Crippen LogP contribution in [0.4, 0.5) is 9.39 Å². The van der Waals surface area contributed by atoms with E-state index < -0.39 is 0 Å². The number of carbonyl (C=O) groups excluding carboxylic acids is 1. The van der Waals surface area contributed by atoms with Gasteiger partial charge in [0.05, 0.1) is 11.3 Å². The Morgan fingerprint density at radius 3 is 2.67 bits per heavy atom. The maximum Gasteiger partial charge on any atom is 0.235 e. The van der Waals surface area contributed by atoms with Crippen molar-refractivity contribution < 1.29 is 9.18 Å². The first kappa shape index (κ1) is 19.8. The van der Waals surface area contributed by atoms with E-state index in [1.807, 2.05) is 6.07 Å². The molecule has 0 saturated carbocycles. The molecule has 0 radical (unpaired) electrons. The number of nitrogens with zero attached hydrogens (tertiary/aromatic N) is 5. The summed E-state index contributed by atoms with van der Waals surface area (Å²) in [4.78, 5) is 16.4. The minimum atomic E-state index is -0.352. The summed E-state index contributed by atoms with van der Waals surface area (Å²) in [5, 5.41) is 23.0. The first-order chi connectivity index (χ1) is 14.7. The smallest absolute Gasteiger partial charge is 0.235 e. The highest BCUT2D eigenvalue weighted by Crippen LogP contribution is 2.28. The maximum absolute atomic E-state index is 13.4. The van der Waals surface area contributed by atoms with E-state index in [9.17, 15) is 9.18 Å². The fourth-order valence-electron chi connectivity index (χ4n) is 2.66. The van der Waals surface area contributed by atoms with Gasteiger partial charge in [-0.2, -0.15) is 5.26 Å². The molecule has 3 aromatic heterocycles. The van der Waals surface area contributed by atoms with E-state index in [1.165, 1.54) is 35.2 Å². The molecule has 0 unspecified atom stereocenters. The van der Waals surface area contributed by atoms with Gasteiger partial charge in [0, 0.05) is 23.6 Å². The lowest BCUT2D eigenvalue weighted by molar-refractivity contribution is -0.113. The number of hydrogen-bond donors (Lipinski definition) is 1. The van der Waals surface area contributed by atoms with Crippen molar-refractivity contribution in [2.45, 2.75) is 5.16 Å². The molecule has 0 bridgehead atoms. The van der Waals surface area contributed by atoms with Gasteiger partial charge in [-0.25, -0.2) is 4.39 Å². The number of anilines is 1. The topological polar surface area (TPSA) is 96.5 Å². The number of nitrogens with one attached hydrogen (secondary N) is 1. The second-order valence-electron chi connectivity index (χ2n) is 5.97. The lowest BCUT2D eigenvalue weighted by Gasteiger charge is -2.10. The predicted molar refractivity (Wildman–Crippen MR) is 113 cm³/mol. The van der Waals surface area contributed by atoms with Crippen molar-refractivity contribution in [3.63, 3.8) is 0 Å². The van der Waals surface area contributed by atoms with Crippen LogP contribution in [0.5, 0.6) is 0 Å². The van der Waals surface area contributed by atoms with Crippen molar-refractivity contribution in [2.24, 2.45) is 0 Å². The van der Waals surface area contributed by atoms with Crippen molar-refractivity contribution in [3.05, 3.63) is 71.6 Å². The van der Waals surface area contributed by atoms with Crippen LogP contribution in [-0.2, 0) is 4.79 Å². The Morgan fingerprint density at radius 1 is 1.17 bits per heavy atom. The van der Waals surface area contributed by atoms with Gasteiger partial charge < -0.3 is 5.32 Å². The summed E-state index contributed by atoms with van der Waals surface area (Å²) < 4.78 is 15.2. The molecule has 0 aliphatic carbocycles. The molecule has 4 aromatic rings. The van der Waals surface area contributed by atoms with Crippen LogP contribution < -0.4 is 5.32 Å². The quantitative estimate of drug-likeness (QED) is 0.457. The van der Waals surface area contributed by atoms with E-state index in [0.29, 0.717) is 27.2 Å². The van der Waals surface area contributed by atoms with Crippen LogP contribution in [0.2, 0.25) is 0 Å². The van der Waals surface area contributed by atoms with Gasteiger partial charge in [0.25, 0.3) is 0 Å². The van der Waals surface area contributed by atoms with Gasteiger partial charge in [-0.15, -0.1) is 21.5 Å². The molecule has 0 aliphatic rings. The molecule has 0 aliphatic heterocycles. The number of amides is 1. The molecule has 1 N–H and O–H groups in total. The van der Waals surface area contributed by atoms with Crippen LogP contribution in [0.25, 0.3) is 17.1 Å². The molecule has 1 amide bonds. The highest BCUT2D eigenvalue weighted by atomic mass is 32.2. The number of halogens is 1. The van der Waals surface area contributed by atoms with E-state index in [0.717, 1.165) is 5.56 Å². The highest BCUT2D eigenvalue weighted by molar-refractivity contribution is 7.99. The summed E-state index contributed by atoms with van der Waals surface area (Å²) in [6.07, 6.45) is 3.29. The van der Waals surface area contributed by atoms with E-state index in [-0.39, 0.29) is 17.5 Å². The molecular formula is C20H13FN6OS2. The zero-order chi connectivity index (χ0) is 20.9. The molecule has 0 atom stereocenters. The van der Waals surface area contributed by atoms with E-state index >= 15 is 0 Å². The highest BCUT2D eigenvalue weighted by Gasteiger charge is 2.18. The molecule has 3 heterocycles. The number of aromatic nitrogens is 4. The lowest BCUT2D eigenvalue weighted by atomic mass is 10.2. The summed E-state index contributed by atoms with van der Waals surface area (Å²) in [5.41, 5.74) is 1.88. The third kappa shape index (κ3) is 4.22. The average molecular weight is 436 g/mol. The number of pyridine rings is 1. The maximum atomic E-state index is 13.4. The van der Waals surface area contributed by atoms with Crippen LogP contribution in [-0.4, -0.2) is 31.4 Å². The molecule has 148 valence electrons. The average Bonchev–Trinajstić information content (AvgIpc) is 3.40. The number of thioether (sulfide) groups is 1. The molecule has 0 fully saturated rings. The zero-order valence-corrected chi connectivity index (χ0v) is 17.0. The standard InChI is InChI=1S/C20H13FN6OS2/c21-15-1-3-16(4-2-15)27-18(13-5-8-23-9-6-13)25-26-20(27)30-12-17(28)24-19-14(11-22)7-10-29-19/h1-10H,12H2,(H,24,28). The Kier molecular flexibility index (Phi) is 5.83. The number of benzene rings is 1. The van der Waals surface area contributed by atoms with Crippen molar-refractivity contribution >= 4 is 34.0 Å². The van der Waals surface area contributed by atoms with E-state index in [1.54, 1.807) is 52.7 Å². The Labute approximate surface area is 179 Å². The summed E-state index contributed by atoms with van der Waals surface area (Å²) in [6, 6.07) is 13.2. The number of hydrogen-bond acceptors (Lipinski definition) is 7. The second kappa shape index (κ2) is 8.86. The van der Waals surface area contributed by atoms with Crippen molar-refractivity contribution in [1.82, 2.24) is 19.7 Å². The largest absolute Gasteiger partial charge is 0.316 e. The monoisotopic (exact) mass is 436 g/mol. The summed E-state index contributed by atoms with van der Waals surface area (Å²) in [6.45, 7) is 0. The number of nitriles is 1. The molecule has 1 aromatic carbocycles. The van der Waals surface area contributed by atoms with Gasteiger partial charge in [-0.05, 0) is 47.8 Å². The molecule has 0 spiro atoms. The van der Waals surface area contributed by atoms with Crippen molar-refractivity contribution in [2.75, 3.05) is 11.1 Å². The zero-order valence-electron chi connectivity index (χ0n) is 15.3. The van der Waals surface area contributed by atoms with Crippen LogP contribution in [0.15, 0.2) is 65.4 Å². The molecule has 4 rings (SSSR count). The Bertz CT molecular complexity index is 1210. The third-order valence-corrected chi connectivity index (χ3v) is 5.79. The van der Waals surface area contributed by atoms with E-state index in [4.69, 9.17) is 5.26 Å². The van der Waals surface area contributed by atoms with Crippen LogP contribution in [0.3, 0.4) is 0 Å². The van der Waals surface area contributed by atoms with Crippen molar-refractivity contribution in [1.29, 1.82) is 5.26 Å². The molecule has 0 saturated heterocycles. The van der Waals surface area contributed by atoms with Gasteiger partial charge in [0.2, 0.25) is 5.91 Å². The predicted octanol–water partition coefficient (Wildman–Crippen LogP) is 4.13. The van der Waals surface area contributed by atoms with Gasteiger partial charge in [-0.1, -0.05) is 11.8 Å². The van der Waals surface area contributed by atoms with Gasteiger partial charge in [-0.3, -0.25) is 14.3 Å². The first-order valence-corrected chi connectivity index (χ1v) is 10.5. The summed E-state index contributed by atoms with van der Waals surface area (Å²) >= 11 is 2.48. The number of carbonyl (C=O) groups is 1. The van der Waals surface area contributed by atoms with E-state index in [2.05, 4.69) is 20.5 Å². The normalized spacial score (nSPS) is 10.5. The van der Waals surface area contributed by atoms with Crippen molar-refractivity contribution in [3.8, 4) is 23.1 Å². The van der Waals surface area contributed by atoms with Gasteiger partial charge >= 0.3 is 0 Å². The van der Waals surface area contributed by atoms with Gasteiger partial charge in [0.15, 0.2) is 11.0 Å². The lowest BCUT2D eigenvalue weighted by Crippen LogP contribution is -2.14. The minimum Gasteiger partial charge on any atom is -0.316 e. The Morgan fingerprint density at radius 2 is 1.93 bits per heavy atom. The van der Waals surface area contributed by atoms with Crippen LogP contribution in [0, 0.1) is 17.1 Å². The molecule has 7 nitrogen and oxygen atoms in total. The fourth-order valence-corrected chi connectivity index (χ4v) is 4.17. The van der Waals surface area contributed by atoms with Gasteiger partial charge in [0.1, 0.15) is 16.9 Å². The SMILES string of the molecule is N#Cc1ccsc1NC(=O)CSc1nnc(-c2ccncc2)n1-c1ccc(F)cc1. The first-order valence-electron chi connectivity index (χ1n) is 8.67. The number of rotatable bonds is 6. The third-order valence-electron chi connectivity index (χ3n) is 4.03.